The molecule has 1 nitrogen and oxygen atoms in total. The maximum absolute atomic E-state index is 3.98. The van der Waals surface area contributed by atoms with Crippen LogP contribution in [0, 0.1) is 12.8 Å². The van der Waals surface area contributed by atoms with Gasteiger partial charge >= 0.3 is 0 Å². The summed E-state index contributed by atoms with van der Waals surface area (Å²) >= 11 is 0. The molecule has 0 saturated heterocycles. The first-order chi connectivity index (χ1) is 7.11. The van der Waals surface area contributed by atoms with E-state index in [0.717, 1.165) is 5.57 Å². The molecule has 15 heavy (non-hydrogen) atoms. The van der Waals surface area contributed by atoms with Crippen LogP contribution in [-0.2, 0) is 0 Å². The standard InChI is InChI=1S/C12H17N.C2H6/c1-10(2)11(3)7-9-13-8-5-6-12(13)4;1-2/h5-10H,3H2,1-2,4H3;1-2H3/b9-7-;. The first-order valence-electron chi connectivity index (χ1n) is 5.61. The van der Waals surface area contributed by atoms with Gasteiger partial charge in [0, 0.05) is 18.1 Å². The van der Waals surface area contributed by atoms with E-state index < -0.39 is 0 Å². The van der Waals surface area contributed by atoms with Crippen LogP contribution >= 0.6 is 0 Å². The van der Waals surface area contributed by atoms with E-state index in [1.807, 2.05) is 26.1 Å². The Bertz CT molecular complexity index is 316. The molecule has 1 aromatic rings. The van der Waals surface area contributed by atoms with Crippen molar-refractivity contribution in [3.8, 4) is 0 Å². The zero-order valence-corrected chi connectivity index (χ0v) is 10.6. The molecule has 0 bridgehead atoms. The molecule has 0 N–H and O–H groups in total. The summed E-state index contributed by atoms with van der Waals surface area (Å²) < 4.78 is 2.09. The third kappa shape index (κ3) is 4.68. The molecule has 0 aromatic carbocycles. The van der Waals surface area contributed by atoms with Crippen LogP contribution in [0.4, 0.5) is 0 Å². The lowest BCUT2D eigenvalue weighted by Crippen LogP contribution is -1.90. The van der Waals surface area contributed by atoms with Crippen molar-refractivity contribution in [2.45, 2.75) is 34.6 Å². The molecule has 1 heterocycles. The quantitative estimate of drug-likeness (QED) is 0.640. The van der Waals surface area contributed by atoms with Gasteiger partial charge in [-0.3, -0.25) is 0 Å². The van der Waals surface area contributed by atoms with Crippen molar-refractivity contribution in [3.63, 3.8) is 0 Å². The number of aryl methyl sites for hydroxylation is 1. The van der Waals surface area contributed by atoms with Gasteiger partial charge in [-0.25, -0.2) is 0 Å². The summed E-state index contributed by atoms with van der Waals surface area (Å²) in [6.07, 6.45) is 6.16. The topological polar surface area (TPSA) is 4.93 Å². The second kappa shape index (κ2) is 7.10. The van der Waals surface area contributed by atoms with Crippen molar-refractivity contribution >= 4 is 6.20 Å². The Balaban J connectivity index is 0.000000921. The normalized spacial score (nSPS) is 10.3. The van der Waals surface area contributed by atoms with Gasteiger partial charge in [0.05, 0.1) is 0 Å². The minimum Gasteiger partial charge on any atom is -0.328 e. The van der Waals surface area contributed by atoms with Crippen molar-refractivity contribution in [2.75, 3.05) is 0 Å². The van der Waals surface area contributed by atoms with Gasteiger partial charge in [0.15, 0.2) is 0 Å². The van der Waals surface area contributed by atoms with Crippen LogP contribution in [-0.4, -0.2) is 4.57 Å². The molecule has 0 fully saturated rings. The van der Waals surface area contributed by atoms with Gasteiger partial charge < -0.3 is 4.57 Å². The summed E-state index contributed by atoms with van der Waals surface area (Å²) in [5.74, 6) is 0.520. The molecule has 1 heteroatoms. The van der Waals surface area contributed by atoms with Gasteiger partial charge in [0.1, 0.15) is 0 Å². The van der Waals surface area contributed by atoms with Crippen LogP contribution in [0.2, 0.25) is 0 Å². The molecule has 0 aliphatic rings. The van der Waals surface area contributed by atoms with E-state index in [4.69, 9.17) is 0 Å². The minimum atomic E-state index is 0.520. The van der Waals surface area contributed by atoms with Gasteiger partial charge in [-0.05, 0) is 31.1 Å². The summed E-state index contributed by atoms with van der Waals surface area (Å²) in [5, 5.41) is 0. The third-order valence-electron chi connectivity index (χ3n) is 2.18. The SMILES string of the molecule is C=C(/C=C\n1cccc1C)C(C)C.CC. The van der Waals surface area contributed by atoms with Crippen molar-refractivity contribution < 1.29 is 0 Å². The number of hydrogen-bond acceptors (Lipinski definition) is 0. The van der Waals surface area contributed by atoms with Crippen LogP contribution in [0.1, 0.15) is 33.4 Å². The Morgan fingerprint density at radius 3 is 2.40 bits per heavy atom. The second-order valence-corrected chi connectivity index (χ2v) is 3.60. The molecule has 0 amide bonds. The van der Waals surface area contributed by atoms with Crippen molar-refractivity contribution in [2.24, 2.45) is 5.92 Å². The number of nitrogens with zero attached hydrogens (tertiary/aromatic N) is 1. The van der Waals surface area contributed by atoms with E-state index >= 15 is 0 Å². The highest BCUT2D eigenvalue weighted by Crippen LogP contribution is 2.09. The van der Waals surface area contributed by atoms with Crippen molar-refractivity contribution in [3.05, 3.63) is 42.3 Å². The molecule has 0 spiro atoms. The van der Waals surface area contributed by atoms with Crippen LogP contribution in [0.15, 0.2) is 36.6 Å². The first-order valence-corrected chi connectivity index (χ1v) is 5.61. The maximum Gasteiger partial charge on any atom is 0.0189 e. The Morgan fingerprint density at radius 2 is 2.00 bits per heavy atom. The zero-order chi connectivity index (χ0) is 11.8. The molecule has 0 atom stereocenters. The molecule has 0 aliphatic heterocycles. The molecule has 1 rings (SSSR count). The third-order valence-corrected chi connectivity index (χ3v) is 2.18. The Kier molecular flexibility index (Phi) is 6.52. The molecule has 0 unspecified atom stereocenters. The number of rotatable bonds is 3. The molecule has 0 radical (unpaired) electrons. The highest BCUT2D eigenvalue weighted by atomic mass is 14.9. The summed E-state index contributed by atoms with van der Waals surface area (Å²) in [6, 6.07) is 4.13. The molecule has 1 aromatic heterocycles. The Labute approximate surface area is 94.1 Å². The van der Waals surface area contributed by atoms with E-state index in [1.165, 1.54) is 5.69 Å². The summed E-state index contributed by atoms with van der Waals surface area (Å²) in [7, 11) is 0. The minimum absolute atomic E-state index is 0.520. The zero-order valence-electron chi connectivity index (χ0n) is 10.6. The fraction of sp³-hybridized carbons (Fsp3) is 0.429. The summed E-state index contributed by atoms with van der Waals surface area (Å²) in [5.41, 5.74) is 2.40. The lowest BCUT2D eigenvalue weighted by atomic mass is 10.1. The van der Waals surface area contributed by atoms with Gasteiger partial charge in [-0.15, -0.1) is 0 Å². The summed E-state index contributed by atoms with van der Waals surface area (Å²) in [6.45, 7) is 14.4. The van der Waals surface area contributed by atoms with Gasteiger partial charge in [-0.1, -0.05) is 39.8 Å². The fourth-order valence-electron chi connectivity index (χ4n) is 1.01. The van der Waals surface area contributed by atoms with E-state index in [0.29, 0.717) is 5.92 Å². The summed E-state index contributed by atoms with van der Waals surface area (Å²) in [4.78, 5) is 0. The first kappa shape index (κ1) is 13.8. The molecule has 84 valence electrons. The highest BCUT2D eigenvalue weighted by molar-refractivity contribution is 5.35. The average molecular weight is 205 g/mol. The number of aromatic nitrogens is 1. The van der Waals surface area contributed by atoms with E-state index in [1.54, 1.807) is 0 Å². The van der Waals surface area contributed by atoms with Crippen molar-refractivity contribution in [1.29, 1.82) is 0 Å². The largest absolute Gasteiger partial charge is 0.328 e. The van der Waals surface area contributed by atoms with E-state index in [9.17, 15) is 0 Å². The molecular formula is C14H23N. The molecule has 0 aliphatic carbocycles. The van der Waals surface area contributed by atoms with Crippen LogP contribution in [0.25, 0.3) is 6.20 Å². The Hall–Kier alpha value is -1.24. The smallest absolute Gasteiger partial charge is 0.0189 e. The molecular weight excluding hydrogens is 182 g/mol. The average Bonchev–Trinajstić information content (AvgIpc) is 2.63. The highest BCUT2D eigenvalue weighted by Gasteiger charge is 1.94. The van der Waals surface area contributed by atoms with Crippen LogP contribution < -0.4 is 0 Å². The number of allylic oxidation sites excluding steroid dienone is 2. The van der Waals surface area contributed by atoms with Gasteiger partial charge in [0.2, 0.25) is 0 Å². The second-order valence-electron chi connectivity index (χ2n) is 3.60. The molecule has 0 saturated carbocycles. The van der Waals surface area contributed by atoms with Crippen LogP contribution in [0.3, 0.4) is 0 Å². The maximum atomic E-state index is 3.98. The number of hydrogen-bond donors (Lipinski definition) is 0. The van der Waals surface area contributed by atoms with Crippen molar-refractivity contribution in [1.82, 2.24) is 4.57 Å². The van der Waals surface area contributed by atoms with Crippen LogP contribution in [0.5, 0.6) is 0 Å². The lowest BCUT2D eigenvalue weighted by Gasteiger charge is -2.03. The Morgan fingerprint density at radius 1 is 1.40 bits per heavy atom. The van der Waals surface area contributed by atoms with E-state index in [2.05, 4.69) is 50.3 Å². The fourth-order valence-corrected chi connectivity index (χ4v) is 1.01. The lowest BCUT2D eigenvalue weighted by molar-refractivity contribution is 0.795. The van der Waals surface area contributed by atoms with Gasteiger partial charge in [0.25, 0.3) is 0 Å². The monoisotopic (exact) mass is 205 g/mol. The van der Waals surface area contributed by atoms with E-state index in [-0.39, 0.29) is 0 Å². The predicted molar refractivity (Wildman–Crippen MR) is 69.8 cm³/mol. The predicted octanol–water partition coefficient (Wildman–Crippen LogP) is 4.51. The van der Waals surface area contributed by atoms with Gasteiger partial charge in [-0.2, -0.15) is 0 Å².